The Morgan fingerprint density at radius 1 is 1.03 bits per heavy atom. The van der Waals surface area contributed by atoms with Gasteiger partial charge >= 0.3 is 0 Å². The second-order valence-corrected chi connectivity index (χ2v) is 8.61. The Morgan fingerprint density at radius 3 is 2.62 bits per heavy atom. The van der Waals surface area contributed by atoms with E-state index in [1.165, 1.54) is 12.1 Å². The standard InChI is InChI=1S/C26H31FN2O3/c1-2-28-16-7-8-17-29(25(30)19-10-9-11-20(27)18-19)22-13-4-6-15-24(22)32-23-14-5-3-12-21(23)26(28)31/h3,5,9-12,14,18,22,24H,2,4,6-8,13,15-17H2,1H3/t22-,24+/m1/s1. The first-order valence-corrected chi connectivity index (χ1v) is 11.7. The quantitative estimate of drug-likeness (QED) is 0.669. The normalized spacial score (nSPS) is 22.1. The van der Waals surface area contributed by atoms with E-state index in [1.54, 1.807) is 12.1 Å². The number of para-hydroxylation sites is 1. The highest BCUT2D eigenvalue weighted by atomic mass is 19.1. The van der Waals surface area contributed by atoms with Gasteiger partial charge in [0.15, 0.2) is 0 Å². The van der Waals surface area contributed by atoms with Crippen LogP contribution < -0.4 is 4.74 Å². The van der Waals surface area contributed by atoms with Crippen molar-refractivity contribution in [1.29, 1.82) is 0 Å². The van der Waals surface area contributed by atoms with Gasteiger partial charge in [0.2, 0.25) is 0 Å². The van der Waals surface area contributed by atoms with Crippen molar-refractivity contribution < 1.29 is 18.7 Å². The van der Waals surface area contributed by atoms with Crippen LogP contribution >= 0.6 is 0 Å². The van der Waals surface area contributed by atoms with Gasteiger partial charge in [-0.05, 0) is 69.4 Å². The van der Waals surface area contributed by atoms with Crippen molar-refractivity contribution in [1.82, 2.24) is 9.80 Å². The molecule has 32 heavy (non-hydrogen) atoms. The lowest BCUT2D eigenvalue weighted by Crippen LogP contribution is -2.51. The summed E-state index contributed by atoms with van der Waals surface area (Å²) >= 11 is 0. The maximum absolute atomic E-state index is 13.8. The number of ether oxygens (including phenoxy) is 1. The van der Waals surface area contributed by atoms with Gasteiger partial charge in [0.25, 0.3) is 11.8 Å². The predicted molar refractivity (Wildman–Crippen MR) is 121 cm³/mol. The number of nitrogens with zero attached hydrogens (tertiary/aromatic N) is 2. The van der Waals surface area contributed by atoms with E-state index >= 15 is 0 Å². The number of carbonyl (C=O) groups is 2. The third kappa shape index (κ3) is 4.79. The molecule has 2 aromatic carbocycles. The summed E-state index contributed by atoms with van der Waals surface area (Å²) in [5.41, 5.74) is 0.939. The molecule has 0 spiro atoms. The lowest BCUT2D eigenvalue weighted by Gasteiger charge is -2.40. The van der Waals surface area contributed by atoms with Crippen molar-refractivity contribution in [3.8, 4) is 5.75 Å². The molecule has 2 aromatic rings. The highest BCUT2D eigenvalue weighted by Crippen LogP contribution is 2.31. The van der Waals surface area contributed by atoms with E-state index in [1.807, 2.05) is 41.0 Å². The van der Waals surface area contributed by atoms with Crippen LogP contribution in [0.15, 0.2) is 48.5 Å². The highest BCUT2D eigenvalue weighted by Gasteiger charge is 2.36. The Labute approximate surface area is 189 Å². The maximum Gasteiger partial charge on any atom is 0.257 e. The van der Waals surface area contributed by atoms with E-state index in [9.17, 15) is 14.0 Å². The van der Waals surface area contributed by atoms with Crippen molar-refractivity contribution in [2.45, 2.75) is 57.6 Å². The van der Waals surface area contributed by atoms with Crippen LogP contribution in [0.5, 0.6) is 5.75 Å². The third-order valence-corrected chi connectivity index (χ3v) is 6.54. The summed E-state index contributed by atoms with van der Waals surface area (Å²) in [5, 5.41) is 0. The zero-order chi connectivity index (χ0) is 22.5. The van der Waals surface area contributed by atoms with Gasteiger partial charge < -0.3 is 14.5 Å². The van der Waals surface area contributed by atoms with Crippen molar-refractivity contribution >= 4 is 11.8 Å². The van der Waals surface area contributed by atoms with Gasteiger partial charge in [-0.25, -0.2) is 4.39 Å². The number of fused-ring (bicyclic) bond motifs is 2. The van der Waals surface area contributed by atoms with E-state index in [0.29, 0.717) is 36.5 Å². The molecule has 5 nitrogen and oxygen atoms in total. The summed E-state index contributed by atoms with van der Waals surface area (Å²) in [7, 11) is 0. The van der Waals surface area contributed by atoms with Gasteiger partial charge in [-0.1, -0.05) is 24.6 Å². The minimum absolute atomic E-state index is 0.0104. The van der Waals surface area contributed by atoms with Gasteiger partial charge in [-0.15, -0.1) is 0 Å². The Balaban J connectivity index is 1.70. The third-order valence-electron chi connectivity index (χ3n) is 6.54. The van der Waals surface area contributed by atoms with Gasteiger partial charge in [0.1, 0.15) is 17.7 Å². The molecule has 6 heteroatoms. The summed E-state index contributed by atoms with van der Waals surface area (Å²) in [6.45, 7) is 3.78. The molecule has 1 fully saturated rings. The molecule has 170 valence electrons. The maximum atomic E-state index is 13.8. The summed E-state index contributed by atoms with van der Waals surface area (Å²) in [5.74, 6) is 0.00162. The molecular weight excluding hydrogens is 407 g/mol. The summed E-state index contributed by atoms with van der Waals surface area (Å²) in [6, 6.07) is 13.2. The van der Waals surface area contributed by atoms with Crippen LogP contribution in [0.2, 0.25) is 0 Å². The first-order valence-electron chi connectivity index (χ1n) is 11.7. The number of hydrogen-bond acceptors (Lipinski definition) is 3. The monoisotopic (exact) mass is 438 g/mol. The molecule has 2 amide bonds. The van der Waals surface area contributed by atoms with E-state index in [4.69, 9.17) is 4.74 Å². The van der Waals surface area contributed by atoms with Crippen LogP contribution in [0.1, 0.15) is 66.2 Å². The lowest BCUT2D eigenvalue weighted by atomic mass is 9.90. The molecule has 1 saturated carbocycles. The molecule has 4 rings (SSSR count). The average molecular weight is 439 g/mol. The molecule has 0 radical (unpaired) electrons. The minimum Gasteiger partial charge on any atom is -0.487 e. The number of carbonyl (C=O) groups excluding carboxylic acids is 2. The number of hydrogen-bond donors (Lipinski definition) is 0. The number of benzene rings is 2. The zero-order valence-corrected chi connectivity index (χ0v) is 18.6. The minimum atomic E-state index is -0.410. The summed E-state index contributed by atoms with van der Waals surface area (Å²) < 4.78 is 20.3. The van der Waals surface area contributed by atoms with Crippen molar-refractivity contribution in [3.63, 3.8) is 0 Å². The predicted octanol–water partition coefficient (Wildman–Crippen LogP) is 4.91. The molecule has 0 saturated heterocycles. The molecule has 0 N–H and O–H groups in total. The van der Waals surface area contributed by atoms with Crippen molar-refractivity contribution in [3.05, 3.63) is 65.5 Å². The van der Waals surface area contributed by atoms with E-state index in [0.717, 1.165) is 38.5 Å². The van der Waals surface area contributed by atoms with E-state index in [-0.39, 0.29) is 24.0 Å². The second-order valence-electron chi connectivity index (χ2n) is 8.61. The molecule has 2 atom stereocenters. The smallest absolute Gasteiger partial charge is 0.257 e. The second kappa shape index (κ2) is 10.2. The number of rotatable bonds is 2. The van der Waals surface area contributed by atoms with Crippen LogP contribution in [0.3, 0.4) is 0 Å². The molecule has 1 aliphatic carbocycles. The van der Waals surface area contributed by atoms with Crippen LogP contribution in [-0.2, 0) is 0 Å². The fourth-order valence-electron chi connectivity index (χ4n) is 4.84. The van der Waals surface area contributed by atoms with Gasteiger partial charge in [0, 0.05) is 25.2 Å². The lowest BCUT2D eigenvalue weighted by molar-refractivity contribution is 0.0259. The van der Waals surface area contributed by atoms with Crippen LogP contribution in [0.4, 0.5) is 4.39 Å². The molecule has 1 aliphatic heterocycles. The van der Waals surface area contributed by atoms with Gasteiger partial charge in [-0.3, -0.25) is 9.59 Å². The van der Waals surface area contributed by atoms with Crippen molar-refractivity contribution in [2.75, 3.05) is 19.6 Å². The topological polar surface area (TPSA) is 49.9 Å². The van der Waals surface area contributed by atoms with Gasteiger partial charge in [0.05, 0.1) is 11.6 Å². The van der Waals surface area contributed by atoms with Crippen LogP contribution in [-0.4, -0.2) is 53.4 Å². The van der Waals surface area contributed by atoms with E-state index in [2.05, 4.69) is 0 Å². The fraction of sp³-hybridized carbons (Fsp3) is 0.462. The zero-order valence-electron chi connectivity index (χ0n) is 18.6. The van der Waals surface area contributed by atoms with Crippen LogP contribution in [0.25, 0.3) is 0 Å². The first kappa shape index (κ1) is 22.3. The van der Waals surface area contributed by atoms with Crippen LogP contribution in [0, 0.1) is 5.82 Å². The molecular formula is C26H31FN2O3. The van der Waals surface area contributed by atoms with E-state index < -0.39 is 5.82 Å². The Kier molecular flexibility index (Phi) is 7.08. The average Bonchev–Trinajstić information content (AvgIpc) is 2.81. The Bertz CT molecular complexity index is 964. The van der Waals surface area contributed by atoms with Gasteiger partial charge in [-0.2, -0.15) is 0 Å². The summed E-state index contributed by atoms with van der Waals surface area (Å²) in [6.07, 6.45) is 5.05. The fourth-order valence-corrected chi connectivity index (χ4v) is 4.84. The molecule has 1 heterocycles. The molecule has 2 aliphatic rings. The molecule has 0 aromatic heterocycles. The Morgan fingerprint density at radius 2 is 1.81 bits per heavy atom. The molecule has 0 bridgehead atoms. The number of amides is 2. The SMILES string of the molecule is CCN1CCCCN(C(=O)c2cccc(F)c2)[C@@H]2CCCC[C@@H]2Oc2ccccc2C1=O. The largest absolute Gasteiger partial charge is 0.487 e. The highest BCUT2D eigenvalue weighted by molar-refractivity contribution is 5.97. The number of halogens is 1. The Hall–Kier alpha value is -2.89. The first-order chi connectivity index (χ1) is 15.6. The summed E-state index contributed by atoms with van der Waals surface area (Å²) in [4.78, 5) is 30.4. The molecule has 0 unspecified atom stereocenters. The van der Waals surface area contributed by atoms with Crippen molar-refractivity contribution in [2.24, 2.45) is 0 Å².